The van der Waals surface area contributed by atoms with Crippen LogP contribution in [0.15, 0.2) is 29.6 Å². The van der Waals surface area contributed by atoms with Crippen molar-refractivity contribution in [1.82, 2.24) is 14.8 Å². The van der Waals surface area contributed by atoms with Gasteiger partial charge in [-0.2, -0.15) is 0 Å². The monoisotopic (exact) mass is 384 g/mol. The molecule has 4 saturated heterocycles. The molecule has 3 atom stereocenters. The molecule has 1 N–H and O–H groups in total. The van der Waals surface area contributed by atoms with Crippen LogP contribution in [0.4, 0.5) is 5.13 Å². The maximum Gasteiger partial charge on any atom is 0.182 e. The van der Waals surface area contributed by atoms with Crippen LogP contribution in [0.2, 0.25) is 0 Å². The molecule has 0 saturated carbocycles. The van der Waals surface area contributed by atoms with E-state index in [0.29, 0.717) is 18.0 Å². The summed E-state index contributed by atoms with van der Waals surface area (Å²) in [5.74, 6) is 2.35. The molecule has 2 bridgehead atoms. The van der Waals surface area contributed by atoms with Crippen molar-refractivity contribution in [2.24, 2.45) is 5.92 Å². The van der Waals surface area contributed by atoms with Gasteiger partial charge in [0.1, 0.15) is 5.75 Å². The molecule has 0 unspecified atom stereocenters. The number of hydrogen-bond donors (Lipinski definition) is 1. The Morgan fingerprint density at radius 1 is 1.26 bits per heavy atom. The Hall–Kier alpha value is -1.63. The number of fused-ring (bicyclic) bond motifs is 2. The van der Waals surface area contributed by atoms with Gasteiger partial charge in [0.25, 0.3) is 0 Å². The molecule has 1 aromatic carbocycles. The van der Waals surface area contributed by atoms with E-state index >= 15 is 0 Å². The number of aromatic nitrogens is 1. The molecular weight excluding hydrogens is 356 g/mol. The van der Waals surface area contributed by atoms with Crippen molar-refractivity contribution in [2.75, 3.05) is 39.1 Å². The smallest absolute Gasteiger partial charge is 0.182 e. The fraction of sp³-hybridized carbons (Fsp3) is 0.571. The standard InChI is InChI=1S/C21H28N4OS/c1-22-21-23-16(13-27-21)11-25-12-18(15-4-3-5-17(10-15)26-2)20-19(25)14-6-8-24(20)9-7-14/h3-5,10,13-14,18-20H,6-9,11-12H2,1-2H3,(H,22,23)/t18-,19-,20-/m1/s1. The van der Waals surface area contributed by atoms with Crippen LogP contribution >= 0.6 is 11.3 Å². The SMILES string of the molecule is CNc1nc(CN2C[C@H](c3cccc(OC)c3)[C@@H]3[C@H]2C2CCN3CC2)cs1. The maximum atomic E-state index is 5.51. The minimum atomic E-state index is 0.551. The van der Waals surface area contributed by atoms with E-state index in [1.807, 2.05) is 7.05 Å². The van der Waals surface area contributed by atoms with Crippen molar-refractivity contribution in [3.8, 4) is 5.75 Å². The number of methoxy groups -OCH3 is 1. The summed E-state index contributed by atoms with van der Waals surface area (Å²) in [5.41, 5.74) is 2.62. The van der Waals surface area contributed by atoms with Crippen molar-refractivity contribution in [1.29, 1.82) is 0 Å². The molecule has 0 aliphatic carbocycles. The third-order valence-corrected chi connectivity index (χ3v) is 7.66. The van der Waals surface area contributed by atoms with Crippen molar-refractivity contribution in [3.63, 3.8) is 0 Å². The second kappa shape index (κ2) is 7.08. The normalized spacial score (nSPS) is 32.4. The number of hydrogen-bond acceptors (Lipinski definition) is 6. The molecule has 144 valence electrons. The topological polar surface area (TPSA) is 40.6 Å². The summed E-state index contributed by atoms with van der Waals surface area (Å²) in [5, 5.41) is 6.39. The highest BCUT2D eigenvalue weighted by molar-refractivity contribution is 7.13. The number of rotatable bonds is 5. The van der Waals surface area contributed by atoms with Crippen LogP contribution < -0.4 is 10.1 Å². The summed E-state index contributed by atoms with van der Waals surface area (Å²) in [6, 6.07) is 10.0. The first-order chi connectivity index (χ1) is 13.3. The molecular formula is C21H28N4OS. The average Bonchev–Trinajstić information content (AvgIpc) is 3.35. The van der Waals surface area contributed by atoms with E-state index in [-0.39, 0.29) is 0 Å². The molecule has 0 amide bonds. The Morgan fingerprint density at radius 2 is 2.11 bits per heavy atom. The summed E-state index contributed by atoms with van der Waals surface area (Å²) in [6.45, 7) is 4.60. The second-order valence-corrected chi connectivity index (χ2v) is 8.92. The van der Waals surface area contributed by atoms with Crippen molar-refractivity contribution >= 4 is 16.5 Å². The summed E-state index contributed by atoms with van der Waals surface area (Å²) < 4.78 is 5.51. The lowest BCUT2D eigenvalue weighted by Gasteiger charge is -2.51. The van der Waals surface area contributed by atoms with Crippen LogP contribution in [0.3, 0.4) is 0 Å². The van der Waals surface area contributed by atoms with E-state index in [9.17, 15) is 0 Å². The first-order valence-electron chi connectivity index (χ1n) is 10.0. The van der Waals surface area contributed by atoms with Crippen molar-refractivity contribution in [3.05, 3.63) is 40.9 Å². The Kier molecular flexibility index (Phi) is 4.58. The number of benzene rings is 1. The molecule has 6 heteroatoms. The van der Waals surface area contributed by atoms with Gasteiger partial charge in [-0.1, -0.05) is 12.1 Å². The van der Waals surface area contributed by atoms with Gasteiger partial charge in [-0.25, -0.2) is 4.98 Å². The van der Waals surface area contributed by atoms with Gasteiger partial charge in [0.2, 0.25) is 0 Å². The lowest BCUT2D eigenvalue weighted by molar-refractivity contribution is -0.00893. The van der Waals surface area contributed by atoms with Gasteiger partial charge in [-0.3, -0.25) is 9.80 Å². The molecule has 5 heterocycles. The van der Waals surface area contributed by atoms with E-state index < -0.39 is 0 Å². The highest BCUT2D eigenvalue weighted by Crippen LogP contribution is 2.47. The molecule has 5 nitrogen and oxygen atoms in total. The molecule has 4 aliphatic rings. The second-order valence-electron chi connectivity index (χ2n) is 8.06. The number of ether oxygens (including phenoxy) is 1. The third-order valence-electron chi connectivity index (χ3n) is 6.75. The average molecular weight is 385 g/mol. The zero-order valence-electron chi connectivity index (χ0n) is 16.1. The van der Waals surface area contributed by atoms with E-state index in [4.69, 9.17) is 9.72 Å². The summed E-state index contributed by atoms with van der Waals surface area (Å²) in [6.07, 6.45) is 2.70. The Bertz CT molecular complexity index is 801. The quantitative estimate of drug-likeness (QED) is 0.857. The number of anilines is 1. The lowest BCUT2D eigenvalue weighted by Crippen LogP contribution is -2.60. The predicted octanol–water partition coefficient (Wildman–Crippen LogP) is 3.26. The Balaban J connectivity index is 1.46. The first kappa shape index (κ1) is 17.5. The van der Waals surface area contributed by atoms with Crippen LogP contribution in [0, 0.1) is 5.92 Å². The lowest BCUT2D eigenvalue weighted by atomic mass is 9.75. The molecule has 1 aromatic heterocycles. The zero-order chi connectivity index (χ0) is 18.4. The van der Waals surface area contributed by atoms with Gasteiger partial charge in [0.05, 0.1) is 12.8 Å². The maximum absolute atomic E-state index is 5.51. The van der Waals surface area contributed by atoms with Gasteiger partial charge in [0.15, 0.2) is 5.13 Å². The Labute approximate surface area is 165 Å². The first-order valence-corrected chi connectivity index (χ1v) is 10.9. The highest BCUT2D eigenvalue weighted by Gasteiger charge is 2.53. The van der Waals surface area contributed by atoms with E-state index in [2.05, 4.69) is 44.8 Å². The number of nitrogens with one attached hydrogen (secondary N) is 1. The van der Waals surface area contributed by atoms with E-state index in [0.717, 1.165) is 29.9 Å². The van der Waals surface area contributed by atoms with Gasteiger partial charge in [-0.15, -0.1) is 11.3 Å². The van der Waals surface area contributed by atoms with Crippen LogP contribution in [0.25, 0.3) is 0 Å². The van der Waals surface area contributed by atoms with Gasteiger partial charge in [0, 0.05) is 43.5 Å². The molecule has 2 aromatic rings. The van der Waals surface area contributed by atoms with Gasteiger partial charge in [-0.05, 0) is 49.5 Å². The van der Waals surface area contributed by atoms with Crippen molar-refractivity contribution < 1.29 is 4.74 Å². The predicted molar refractivity (Wildman–Crippen MR) is 110 cm³/mol. The highest BCUT2D eigenvalue weighted by atomic mass is 32.1. The van der Waals surface area contributed by atoms with Crippen LogP contribution in [0.1, 0.15) is 30.0 Å². The van der Waals surface area contributed by atoms with Crippen LogP contribution in [-0.4, -0.2) is 60.7 Å². The fourth-order valence-electron chi connectivity index (χ4n) is 5.59. The third kappa shape index (κ3) is 3.04. The van der Waals surface area contributed by atoms with E-state index in [1.54, 1.807) is 18.4 Å². The zero-order valence-corrected chi connectivity index (χ0v) is 16.9. The number of likely N-dealkylation sites (tertiary alicyclic amines) is 1. The molecule has 4 fully saturated rings. The minimum absolute atomic E-state index is 0.551. The van der Waals surface area contributed by atoms with Crippen molar-refractivity contribution in [2.45, 2.75) is 37.4 Å². The molecule has 6 rings (SSSR count). The molecule has 0 spiro atoms. The number of thiazole rings is 1. The van der Waals surface area contributed by atoms with Gasteiger partial charge >= 0.3 is 0 Å². The largest absolute Gasteiger partial charge is 0.497 e. The van der Waals surface area contributed by atoms with E-state index in [1.165, 1.54) is 37.2 Å². The minimum Gasteiger partial charge on any atom is -0.497 e. The molecule has 4 aliphatic heterocycles. The summed E-state index contributed by atoms with van der Waals surface area (Å²) in [4.78, 5) is 10.2. The van der Waals surface area contributed by atoms with Gasteiger partial charge < -0.3 is 10.1 Å². The number of nitrogens with zero attached hydrogens (tertiary/aromatic N) is 3. The summed E-state index contributed by atoms with van der Waals surface area (Å²) in [7, 11) is 3.71. The fourth-order valence-corrected chi connectivity index (χ4v) is 6.25. The summed E-state index contributed by atoms with van der Waals surface area (Å²) >= 11 is 1.70. The van der Waals surface area contributed by atoms with Crippen LogP contribution in [-0.2, 0) is 6.54 Å². The number of piperidine rings is 3. The van der Waals surface area contributed by atoms with Crippen LogP contribution in [0.5, 0.6) is 5.75 Å². The molecule has 0 radical (unpaired) electrons. The molecule has 27 heavy (non-hydrogen) atoms. The Morgan fingerprint density at radius 3 is 2.85 bits per heavy atom.